The van der Waals surface area contributed by atoms with Crippen molar-refractivity contribution in [3.8, 4) is 0 Å². The van der Waals surface area contributed by atoms with Gasteiger partial charge in [-0.25, -0.2) is 0 Å². The Morgan fingerprint density at radius 2 is 2.12 bits per heavy atom. The van der Waals surface area contributed by atoms with Crippen LogP contribution >= 0.6 is 0 Å². The van der Waals surface area contributed by atoms with E-state index >= 15 is 0 Å². The molecule has 1 heterocycles. The van der Waals surface area contributed by atoms with Crippen molar-refractivity contribution in [3.63, 3.8) is 0 Å². The second-order valence-electron chi connectivity index (χ2n) is 5.22. The van der Waals surface area contributed by atoms with Gasteiger partial charge in [-0.15, -0.1) is 0 Å². The molecule has 0 spiro atoms. The first-order chi connectivity index (χ1) is 7.44. The normalized spacial score (nSPS) is 22.4. The fourth-order valence-corrected chi connectivity index (χ4v) is 1.94. The fourth-order valence-electron chi connectivity index (χ4n) is 1.94. The van der Waals surface area contributed by atoms with Gasteiger partial charge in [0.1, 0.15) is 11.6 Å². The van der Waals surface area contributed by atoms with Crippen LogP contribution in [0.1, 0.15) is 33.6 Å². The highest BCUT2D eigenvalue weighted by Gasteiger charge is 2.33. The van der Waals surface area contributed by atoms with Crippen LogP contribution in [0.3, 0.4) is 0 Å². The van der Waals surface area contributed by atoms with Gasteiger partial charge in [-0.2, -0.15) is 0 Å². The molecule has 94 valence electrons. The van der Waals surface area contributed by atoms with Gasteiger partial charge in [-0.05, 0) is 40.2 Å². The van der Waals surface area contributed by atoms with Crippen molar-refractivity contribution in [1.29, 1.82) is 0 Å². The largest absolute Gasteiger partial charge is 0.459 e. The van der Waals surface area contributed by atoms with Crippen molar-refractivity contribution in [2.75, 3.05) is 26.8 Å². The van der Waals surface area contributed by atoms with Crippen LogP contribution in [0.5, 0.6) is 0 Å². The molecule has 0 aromatic heterocycles. The van der Waals surface area contributed by atoms with E-state index in [0.29, 0.717) is 6.61 Å². The lowest BCUT2D eigenvalue weighted by molar-refractivity contribution is -0.160. The molecule has 0 radical (unpaired) electrons. The lowest BCUT2D eigenvalue weighted by Gasteiger charge is -2.27. The Morgan fingerprint density at radius 1 is 1.44 bits per heavy atom. The lowest BCUT2D eigenvalue weighted by atomic mass is 10.1. The maximum Gasteiger partial charge on any atom is 0.323 e. The molecule has 1 saturated heterocycles. The Kier molecular flexibility index (Phi) is 4.74. The van der Waals surface area contributed by atoms with E-state index in [1.165, 1.54) is 0 Å². The van der Waals surface area contributed by atoms with Crippen LogP contribution in [-0.2, 0) is 14.3 Å². The molecule has 1 aliphatic heterocycles. The Balaban J connectivity index is 2.47. The summed E-state index contributed by atoms with van der Waals surface area (Å²) < 4.78 is 10.4. The zero-order chi connectivity index (χ0) is 12.2. The molecule has 0 amide bonds. The number of carbonyl (C=O) groups excluding carboxylic acids is 1. The van der Waals surface area contributed by atoms with Crippen LogP contribution in [0.2, 0.25) is 0 Å². The van der Waals surface area contributed by atoms with Crippen LogP contribution in [0.15, 0.2) is 0 Å². The molecule has 1 atom stereocenters. The van der Waals surface area contributed by atoms with Crippen LogP contribution in [-0.4, -0.2) is 49.3 Å². The smallest absolute Gasteiger partial charge is 0.323 e. The summed E-state index contributed by atoms with van der Waals surface area (Å²) >= 11 is 0. The maximum absolute atomic E-state index is 11.9. The quantitative estimate of drug-likeness (QED) is 0.684. The van der Waals surface area contributed by atoms with Crippen molar-refractivity contribution in [3.05, 3.63) is 0 Å². The fraction of sp³-hybridized carbons (Fsp3) is 0.917. The molecule has 1 fully saturated rings. The Hall–Kier alpha value is -0.610. The number of likely N-dealkylation sites (tertiary alicyclic amines) is 1. The molecule has 0 bridgehead atoms. The Labute approximate surface area is 97.9 Å². The van der Waals surface area contributed by atoms with E-state index < -0.39 is 5.60 Å². The number of ether oxygens (including phenoxy) is 2. The van der Waals surface area contributed by atoms with Gasteiger partial charge in [0.2, 0.25) is 0 Å². The van der Waals surface area contributed by atoms with Gasteiger partial charge in [0, 0.05) is 13.7 Å². The molecular formula is C12H23NO3. The summed E-state index contributed by atoms with van der Waals surface area (Å²) in [5.74, 6) is -0.0962. The van der Waals surface area contributed by atoms with Crippen molar-refractivity contribution in [1.82, 2.24) is 4.90 Å². The zero-order valence-corrected chi connectivity index (χ0v) is 10.8. The second-order valence-corrected chi connectivity index (χ2v) is 5.22. The van der Waals surface area contributed by atoms with Gasteiger partial charge in [0.15, 0.2) is 0 Å². The van der Waals surface area contributed by atoms with E-state index in [1.54, 1.807) is 7.11 Å². The summed E-state index contributed by atoms with van der Waals surface area (Å²) in [6.07, 6.45) is 1.96. The molecule has 0 aromatic carbocycles. The topological polar surface area (TPSA) is 38.8 Å². The number of carbonyl (C=O) groups is 1. The number of hydrogen-bond donors (Lipinski definition) is 0. The number of hydrogen-bond acceptors (Lipinski definition) is 4. The van der Waals surface area contributed by atoms with Crippen LogP contribution in [0.25, 0.3) is 0 Å². The minimum absolute atomic E-state index is 0.0747. The predicted molar refractivity (Wildman–Crippen MR) is 62.3 cm³/mol. The SMILES string of the molecule is COCCN1CCC[C@H]1C(=O)OC(C)(C)C. The van der Waals surface area contributed by atoms with Crippen molar-refractivity contribution in [2.24, 2.45) is 0 Å². The van der Waals surface area contributed by atoms with Crippen molar-refractivity contribution >= 4 is 5.97 Å². The van der Waals surface area contributed by atoms with E-state index in [2.05, 4.69) is 4.90 Å². The summed E-state index contributed by atoms with van der Waals surface area (Å²) in [7, 11) is 1.68. The second kappa shape index (κ2) is 5.64. The highest BCUT2D eigenvalue weighted by molar-refractivity contribution is 5.76. The van der Waals surface area contributed by atoms with E-state index in [4.69, 9.17) is 9.47 Å². The Morgan fingerprint density at radius 3 is 2.69 bits per heavy atom. The van der Waals surface area contributed by atoms with Crippen molar-refractivity contribution < 1.29 is 14.3 Å². The average molecular weight is 229 g/mol. The molecule has 0 unspecified atom stereocenters. The van der Waals surface area contributed by atoms with E-state index in [1.807, 2.05) is 20.8 Å². The highest BCUT2D eigenvalue weighted by atomic mass is 16.6. The van der Waals surface area contributed by atoms with E-state index in [-0.39, 0.29) is 12.0 Å². The van der Waals surface area contributed by atoms with E-state index in [0.717, 1.165) is 25.9 Å². The summed E-state index contributed by atoms with van der Waals surface area (Å²) in [6.45, 7) is 8.14. The molecule has 0 aromatic rings. The first-order valence-corrected chi connectivity index (χ1v) is 5.90. The summed E-state index contributed by atoms with van der Waals surface area (Å²) in [5, 5.41) is 0. The van der Waals surface area contributed by atoms with Gasteiger partial charge in [-0.3, -0.25) is 9.69 Å². The third-order valence-electron chi connectivity index (χ3n) is 2.63. The first kappa shape index (κ1) is 13.5. The monoisotopic (exact) mass is 229 g/mol. The van der Waals surface area contributed by atoms with Crippen LogP contribution in [0.4, 0.5) is 0 Å². The van der Waals surface area contributed by atoms with Gasteiger partial charge >= 0.3 is 5.97 Å². The number of methoxy groups -OCH3 is 1. The molecular weight excluding hydrogens is 206 g/mol. The summed E-state index contributed by atoms with van der Waals surface area (Å²) in [5.41, 5.74) is -0.396. The van der Waals surface area contributed by atoms with E-state index in [9.17, 15) is 4.79 Å². The first-order valence-electron chi connectivity index (χ1n) is 5.90. The van der Waals surface area contributed by atoms with Crippen LogP contribution < -0.4 is 0 Å². The molecule has 0 N–H and O–H groups in total. The number of esters is 1. The van der Waals surface area contributed by atoms with Gasteiger partial charge in [0.05, 0.1) is 6.61 Å². The third-order valence-corrected chi connectivity index (χ3v) is 2.63. The molecule has 1 aliphatic rings. The number of nitrogens with zero attached hydrogens (tertiary/aromatic N) is 1. The lowest BCUT2D eigenvalue weighted by Crippen LogP contribution is -2.41. The van der Waals surface area contributed by atoms with Gasteiger partial charge in [-0.1, -0.05) is 0 Å². The highest BCUT2D eigenvalue weighted by Crippen LogP contribution is 2.20. The third kappa shape index (κ3) is 4.10. The standard InChI is InChI=1S/C12H23NO3/c1-12(2,3)16-11(14)10-6-5-7-13(10)8-9-15-4/h10H,5-9H2,1-4H3/t10-/m0/s1. The van der Waals surface area contributed by atoms with Gasteiger partial charge in [0.25, 0.3) is 0 Å². The zero-order valence-electron chi connectivity index (χ0n) is 10.8. The maximum atomic E-state index is 11.9. The minimum Gasteiger partial charge on any atom is -0.459 e. The van der Waals surface area contributed by atoms with Crippen LogP contribution in [0, 0.1) is 0 Å². The average Bonchev–Trinajstić information content (AvgIpc) is 2.59. The van der Waals surface area contributed by atoms with Crippen molar-refractivity contribution in [2.45, 2.75) is 45.3 Å². The van der Waals surface area contributed by atoms with Gasteiger partial charge < -0.3 is 9.47 Å². The molecule has 4 heteroatoms. The summed E-state index contributed by atoms with van der Waals surface area (Å²) in [4.78, 5) is 14.1. The summed E-state index contributed by atoms with van der Waals surface area (Å²) in [6, 6.07) is -0.0747. The predicted octanol–water partition coefficient (Wildman–Crippen LogP) is 1.44. The number of rotatable bonds is 4. The Bertz CT molecular complexity index is 235. The molecule has 1 rings (SSSR count). The molecule has 0 aliphatic carbocycles. The molecule has 0 saturated carbocycles. The molecule has 16 heavy (non-hydrogen) atoms. The minimum atomic E-state index is -0.396. The molecule has 4 nitrogen and oxygen atoms in total.